The maximum atomic E-state index is 6.40. The van der Waals surface area contributed by atoms with Gasteiger partial charge < -0.3 is 14.1 Å². The van der Waals surface area contributed by atoms with E-state index in [2.05, 4.69) is 60.8 Å². The predicted octanol–water partition coefficient (Wildman–Crippen LogP) is 7.01. The van der Waals surface area contributed by atoms with E-state index < -0.39 is 0 Å². The Morgan fingerprint density at radius 2 is 1.89 bits per heavy atom. The van der Waals surface area contributed by atoms with Crippen LogP contribution in [-0.2, 0) is 4.74 Å². The van der Waals surface area contributed by atoms with Crippen LogP contribution in [0, 0.1) is 6.92 Å². The molecule has 1 saturated heterocycles. The molecule has 0 N–H and O–H groups in total. The SMILES string of the molecule is C=C(C)/C=C(\CCC)c1cc2nc(-n3cc(-c4cccc(C)c4)cn3)nc(N3CCOCC3)c2o1.CC. The maximum Gasteiger partial charge on any atom is 0.253 e. The lowest BCUT2D eigenvalue weighted by Gasteiger charge is -2.27. The molecule has 0 amide bonds. The smallest absolute Gasteiger partial charge is 0.253 e. The summed E-state index contributed by atoms with van der Waals surface area (Å²) in [5, 5.41) is 4.59. The third-order valence-corrected chi connectivity index (χ3v) is 6.05. The third-order valence-electron chi connectivity index (χ3n) is 6.05. The van der Waals surface area contributed by atoms with Crippen LogP contribution in [0.25, 0.3) is 33.7 Å². The van der Waals surface area contributed by atoms with E-state index in [1.807, 2.05) is 39.2 Å². The highest BCUT2D eigenvalue weighted by Gasteiger charge is 2.22. The number of fused-ring (bicyclic) bond motifs is 1. The zero-order valence-electron chi connectivity index (χ0n) is 22.6. The highest BCUT2D eigenvalue weighted by Crippen LogP contribution is 2.33. The Balaban J connectivity index is 0.00000156. The molecule has 3 aromatic heterocycles. The second kappa shape index (κ2) is 12.0. The molecule has 0 saturated carbocycles. The number of allylic oxidation sites excluding steroid dienone is 3. The lowest BCUT2D eigenvalue weighted by atomic mass is 10.1. The normalized spacial score (nSPS) is 14.0. The Hall–Kier alpha value is -3.71. The monoisotopic (exact) mass is 499 g/mol. The van der Waals surface area contributed by atoms with Crippen molar-refractivity contribution < 1.29 is 9.15 Å². The summed E-state index contributed by atoms with van der Waals surface area (Å²) in [6.45, 7) is 17.1. The van der Waals surface area contributed by atoms with Crippen molar-refractivity contribution in [1.29, 1.82) is 0 Å². The molecular formula is C30H37N5O2. The molecule has 1 aliphatic rings. The van der Waals surface area contributed by atoms with Crippen LogP contribution in [0.5, 0.6) is 0 Å². The summed E-state index contributed by atoms with van der Waals surface area (Å²) in [7, 11) is 0. The minimum Gasteiger partial charge on any atom is -0.451 e. The van der Waals surface area contributed by atoms with Gasteiger partial charge in [0.1, 0.15) is 11.3 Å². The van der Waals surface area contributed by atoms with Crippen molar-refractivity contribution in [1.82, 2.24) is 19.7 Å². The third kappa shape index (κ3) is 6.00. The Kier molecular flexibility index (Phi) is 8.56. The fourth-order valence-corrected chi connectivity index (χ4v) is 4.39. The number of furan rings is 1. The number of rotatable bonds is 7. The number of hydrogen-bond donors (Lipinski definition) is 0. The summed E-state index contributed by atoms with van der Waals surface area (Å²) in [6.07, 6.45) is 7.83. The van der Waals surface area contributed by atoms with E-state index in [9.17, 15) is 0 Å². The molecule has 0 unspecified atom stereocenters. The van der Waals surface area contributed by atoms with Gasteiger partial charge in [0.2, 0.25) is 0 Å². The van der Waals surface area contributed by atoms with Gasteiger partial charge in [0.05, 0.1) is 19.4 Å². The van der Waals surface area contributed by atoms with Crippen molar-refractivity contribution in [2.75, 3.05) is 31.2 Å². The van der Waals surface area contributed by atoms with Gasteiger partial charge in [-0.15, -0.1) is 0 Å². The first-order valence-corrected chi connectivity index (χ1v) is 13.1. The van der Waals surface area contributed by atoms with Gasteiger partial charge in [0.15, 0.2) is 11.4 Å². The van der Waals surface area contributed by atoms with Crippen LogP contribution in [0.4, 0.5) is 5.82 Å². The second-order valence-electron chi connectivity index (χ2n) is 9.08. The molecule has 0 spiro atoms. The molecule has 4 heterocycles. The van der Waals surface area contributed by atoms with Crippen molar-refractivity contribution in [3.05, 3.63) is 72.3 Å². The molecule has 1 aliphatic heterocycles. The van der Waals surface area contributed by atoms with Crippen molar-refractivity contribution in [3.8, 4) is 17.1 Å². The van der Waals surface area contributed by atoms with Crippen LogP contribution in [0.3, 0.4) is 0 Å². The number of aryl methyl sites for hydroxylation is 1. The number of anilines is 1. The van der Waals surface area contributed by atoms with Crippen LogP contribution in [0.15, 0.2) is 65.4 Å². The Morgan fingerprint density at radius 3 is 2.59 bits per heavy atom. The number of benzene rings is 1. The van der Waals surface area contributed by atoms with E-state index in [1.54, 1.807) is 4.68 Å². The minimum atomic E-state index is 0.520. The standard InChI is InChI=1S/C28H31N5O2.C2H6/c1-5-7-22(14-19(2)3)25-16-24-26(35-25)27(32-10-12-34-13-11-32)31-28(30-24)33-18-23(17-29-33)21-9-6-8-20(4)15-21;1-2/h6,8-9,14-18H,2,5,7,10-13H2,1,3-4H3;1-2H3/b22-14+;. The molecule has 5 rings (SSSR count). The molecule has 1 fully saturated rings. The van der Waals surface area contributed by atoms with E-state index in [0.29, 0.717) is 24.7 Å². The first-order valence-electron chi connectivity index (χ1n) is 13.1. The Bertz CT molecular complexity index is 1390. The highest BCUT2D eigenvalue weighted by atomic mass is 16.5. The highest BCUT2D eigenvalue weighted by molar-refractivity contribution is 5.88. The van der Waals surface area contributed by atoms with Crippen molar-refractivity contribution in [2.24, 2.45) is 0 Å². The zero-order valence-corrected chi connectivity index (χ0v) is 22.6. The van der Waals surface area contributed by atoms with Crippen LogP contribution in [0.1, 0.15) is 51.9 Å². The molecule has 7 heteroatoms. The molecule has 0 aliphatic carbocycles. The van der Waals surface area contributed by atoms with Crippen LogP contribution >= 0.6 is 0 Å². The van der Waals surface area contributed by atoms with Gasteiger partial charge in [-0.25, -0.2) is 9.67 Å². The van der Waals surface area contributed by atoms with Gasteiger partial charge in [0, 0.05) is 30.9 Å². The van der Waals surface area contributed by atoms with Gasteiger partial charge in [0.25, 0.3) is 5.95 Å². The van der Waals surface area contributed by atoms with Gasteiger partial charge in [-0.2, -0.15) is 10.1 Å². The predicted molar refractivity (Wildman–Crippen MR) is 151 cm³/mol. The topological polar surface area (TPSA) is 69.2 Å². The van der Waals surface area contributed by atoms with E-state index in [4.69, 9.17) is 19.1 Å². The van der Waals surface area contributed by atoms with Crippen LogP contribution in [-0.4, -0.2) is 46.1 Å². The van der Waals surface area contributed by atoms with Crippen molar-refractivity contribution >= 4 is 22.5 Å². The summed E-state index contributed by atoms with van der Waals surface area (Å²) in [4.78, 5) is 12.0. The van der Waals surface area contributed by atoms with Crippen molar-refractivity contribution in [2.45, 2.75) is 47.5 Å². The summed E-state index contributed by atoms with van der Waals surface area (Å²) >= 11 is 0. The summed E-state index contributed by atoms with van der Waals surface area (Å²) in [6, 6.07) is 10.4. The lowest BCUT2D eigenvalue weighted by Crippen LogP contribution is -2.37. The number of nitrogens with zero attached hydrogens (tertiary/aromatic N) is 5. The summed E-state index contributed by atoms with van der Waals surface area (Å²) < 4.78 is 13.7. The van der Waals surface area contributed by atoms with E-state index in [0.717, 1.165) is 65.3 Å². The molecule has 0 radical (unpaired) electrons. The molecule has 7 nitrogen and oxygen atoms in total. The second-order valence-corrected chi connectivity index (χ2v) is 9.08. The maximum absolute atomic E-state index is 6.40. The summed E-state index contributed by atoms with van der Waals surface area (Å²) in [5.74, 6) is 2.11. The van der Waals surface area contributed by atoms with E-state index >= 15 is 0 Å². The minimum absolute atomic E-state index is 0.520. The number of morpholine rings is 1. The van der Waals surface area contributed by atoms with E-state index in [-0.39, 0.29) is 0 Å². The van der Waals surface area contributed by atoms with Gasteiger partial charge >= 0.3 is 0 Å². The van der Waals surface area contributed by atoms with Crippen molar-refractivity contribution in [3.63, 3.8) is 0 Å². The molecule has 37 heavy (non-hydrogen) atoms. The zero-order chi connectivity index (χ0) is 26.4. The average Bonchev–Trinajstić information content (AvgIpc) is 3.57. The largest absolute Gasteiger partial charge is 0.451 e. The number of hydrogen-bond acceptors (Lipinski definition) is 6. The number of aromatic nitrogens is 4. The summed E-state index contributed by atoms with van der Waals surface area (Å²) in [5.41, 5.74) is 6.92. The van der Waals surface area contributed by atoms with Gasteiger partial charge in [-0.3, -0.25) is 0 Å². The number of ether oxygens (including phenoxy) is 1. The fourth-order valence-electron chi connectivity index (χ4n) is 4.39. The molecule has 0 bridgehead atoms. The van der Waals surface area contributed by atoms with Gasteiger partial charge in [-0.05, 0) is 31.4 Å². The molecule has 0 atom stereocenters. The van der Waals surface area contributed by atoms with Gasteiger partial charge in [-0.1, -0.05) is 75.2 Å². The first kappa shape index (κ1) is 26.4. The average molecular weight is 500 g/mol. The van der Waals surface area contributed by atoms with Crippen LogP contribution < -0.4 is 4.90 Å². The lowest BCUT2D eigenvalue weighted by molar-refractivity contribution is 0.122. The molecule has 194 valence electrons. The Labute approximate surface area is 219 Å². The fraction of sp³-hybridized carbons (Fsp3) is 0.367. The van der Waals surface area contributed by atoms with E-state index in [1.165, 1.54) is 5.56 Å². The molecule has 1 aromatic carbocycles. The molecule has 4 aromatic rings. The first-order chi connectivity index (χ1) is 18.0. The molecular weight excluding hydrogens is 462 g/mol. The quantitative estimate of drug-likeness (QED) is 0.255. The Morgan fingerprint density at radius 1 is 1.11 bits per heavy atom. The van der Waals surface area contributed by atoms with Crippen LogP contribution in [0.2, 0.25) is 0 Å².